The molecular weight excluding hydrogens is 473 g/mol. The summed E-state index contributed by atoms with van der Waals surface area (Å²) in [6.45, 7) is 0. The molecule has 164 valence electrons. The first-order valence-electron chi connectivity index (χ1n) is 9.05. The first kappa shape index (κ1) is 23.4. The number of halogens is 2. The number of amides is 1. The van der Waals surface area contributed by atoms with Crippen molar-refractivity contribution in [2.45, 2.75) is 5.16 Å². The second-order valence-electron chi connectivity index (χ2n) is 6.58. The number of rotatable bonds is 5. The summed E-state index contributed by atoms with van der Waals surface area (Å²) in [6, 6.07) is 11.0. The van der Waals surface area contributed by atoms with E-state index in [1.54, 1.807) is 30.8 Å². The number of carbonyl (C=O) groups is 1. The maximum absolute atomic E-state index is 10.4. The Hall–Kier alpha value is -3.26. The monoisotopic (exact) mass is 489 g/mol. The Labute approximate surface area is 197 Å². The summed E-state index contributed by atoms with van der Waals surface area (Å²) in [7, 11) is 3.38. The third-order valence-electron chi connectivity index (χ3n) is 3.97. The van der Waals surface area contributed by atoms with Crippen LogP contribution in [0.25, 0.3) is 22.3 Å². The lowest BCUT2D eigenvalue weighted by Gasteiger charge is -2.03. The van der Waals surface area contributed by atoms with Crippen molar-refractivity contribution in [1.82, 2.24) is 29.5 Å². The van der Waals surface area contributed by atoms with Crippen molar-refractivity contribution < 1.29 is 9.90 Å². The largest absolute Gasteiger partial charge is 0.510 e. The number of aliphatic hydroxyl groups excluding tert-OH is 1. The van der Waals surface area contributed by atoms with E-state index in [0.717, 1.165) is 11.9 Å². The molecule has 2 N–H and O–H groups in total. The highest BCUT2D eigenvalue weighted by Gasteiger charge is 2.16. The van der Waals surface area contributed by atoms with Crippen molar-refractivity contribution in [2.75, 3.05) is 19.8 Å². The van der Waals surface area contributed by atoms with Crippen LogP contribution >= 0.6 is 35.0 Å². The number of carbonyl (C=O) groups excluding carboxylic acids is 1. The molecule has 4 rings (SSSR count). The number of thioether (sulfide) groups is 1. The number of fused-ring (bicyclic) bond motifs is 2. The highest BCUT2D eigenvalue weighted by Crippen LogP contribution is 2.27. The molecular formula is C20H17Cl2N7O2S. The number of nitriles is 1. The minimum atomic E-state index is -0.119. The Kier molecular flexibility index (Phi) is 7.58. The lowest BCUT2D eigenvalue weighted by atomic mass is 10.2. The topological polar surface area (TPSA) is 123 Å². The molecule has 32 heavy (non-hydrogen) atoms. The highest BCUT2D eigenvalue weighted by atomic mass is 35.5. The molecule has 0 aliphatic carbocycles. The number of nitrogens with zero attached hydrogens (tertiary/aromatic N) is 6. The first-order chi connectivity index (χ1) is 15.3. The average Bonchev–Trinajstić information content (AvgIpc) is 3.37. The number of pyridine rings is 1. The summed E-state index contributed by atoms with van der Waals surface area (Å²) in [4.78, 5) is 18.3. The number of aliphatic hydroxyl groups is 1. The van der Waals surface area contributed by atoms with E-state index >= 15 is 0 Å². The van der Waals surface area contributed by atoms with Gasteiger partial charge in [0.2, 0.25) is 6.41 Å². The smallest absolute Gasteiger partial charge is 0.209 e. The molecule has 0 saturated heterocycles. The van der Waals surface area contributed by atoms with E-state index in [-0.39, 0.29) is 17.1 Å². The Balaban J connectivity index is 0.000000523. The van der Waals surface area contributed by atoms with Gasteiger partial charge in [-0.2, -0.15) is 5.26 Å². The van der Waals surface area contributed by atoms with E-state index in [1.807, 2.05) is 30.3 Å². The van der Waals surface area contributed by atoms with E-state index in [9.17, 15) is 15.2 Å². The number of para-hydroxylation sites is 2. The molecule has 9 nitrogen and oxygen atoms in total. The van der Waals surface area contributed by atoms with E-state index in [2.05, 4.69) is 20.2 Å². The fraction of sp³-hybridized carbons (Fsp3) is 0.150. The van der Waals surface area contributed by atoms with Crippen molar-refractivity contribution in [1.29, 1.82) is 5.26 Å². The van der Waals surface area contributed by atoms with E-state index in [4.69, 9.17) is 23.2 Å². The number of H-pyrrole nitrogens is 1. The molecule has 0 aliphatic heterocycles. The van der Waals surface area contributed by atoms with Gasteiger partial charge in [-0.05, 0) is 18.2 Å². The summed E-state index contributed by atoms with van der Waals surface area (Å²) in [6.07, 6.45) is 2.39. The van der Waals surface area contributed by atoms with Gasteiger partial charge in [0, 0.05) is 20.3 Å². The van der Waals surface area contributed by atoms with Crippen LogP contribution in [0.15, 0.2) is 47.4 Å². The second kappa shape index (κ2) is 10.4. The second-order valence-corrected chi connectivity index (χ2v) is 8.36. The molecule has 1 amide bonds. The van der Waals surface area contributed by atoms with E-state index in [0.29, 0.717) is 32.2 Å². The Morgan fingerprint density at radius 2 is 2.06 bits per heavy atom. The average molecular weight is 490 g/mol. The summed E-state index contributed by atoms with van der Waals surface area (Å²) in [5.74, 6) is 0.297. The number of aromatic amines is 1. The Bertz CT molecular complexity index is 1310. The maximum atomic E-state index is 10.4. The molecule has 0 spiro atoms. The molecule has 0 unspecified atom stereocenters. The number of benzene rings is 1. The molecule has 1 aromatic carbocycles. The molecule has 4 aromatic rings. The zero-order valence-electron chi connectivity index (χ0n) is 17.0. The van der Waals surface area contributed by atoms with Crippen LogP contribution in [0.4, 0.5) is 0 Å². The van der Waals surface area contributed by atoms with Gasteiger partial charge >= 0.3 is 0 Å². The molecule has 3 heterocycles. The van der Waals surface area contributed by atoms with Crippen LogP contribution in [0.3, 0.4) is 0 Å². The van der Waals surface area contributed by atoms with Gasteiger partial charge in [-0.3, -0.25) is 9.20 Å². The van der Waals surface area contributed by atoms with Gasteiger partial charge in [0.05, 0.1) is 26.8 Å². The SMILES string of the molecule is CN(C)C=O.N#C/C(=C(/O)CSc1nnc2c(Cl)cc(Cl)cn12)c1nc2ccccc2[nH]1. The van der Waals surface area contributed by atoms with Crippen molar-refractivity contribution >= 4 is 63.6 Å². The summed E-state index contributed by atoms with van der Waals surface area (Å²) < 4.78 is 1.63. The van der Waals surface area contributed by atoms with Crippen molar-refractivity contribution in [3.8, 4) is 6.07 Å². The van der Waals surface area contributed by atoms with Crippen LogP contribution in [0.1, 0.15) is 5.82 Å². The number of aromatic nitrogens is 5. The quantitative estimate of drug-likeness (QED) is 0.186. The van der Waals surface area contributed by atoms with Crippen LogP contribution in [0.2, 0.25) is 10.0 Å². The molecule has 0 fully saturated rings. The van der Waals surface area contributed by atoms with Gasteiger partial charge in [-0.1, -0.05) is 47.1 Å². The zero-order chi connectivity index (χ0) is 23.3. The molecule has 3 aromatic heterocycles. The number of nitrogens with one attached hydrogen (secondary N) is 1. The van der Waals surface area contributed by atoms with Crippen LogP contribution in [0.5, 0.6) is 0 Å². The predicted octanol–water partition coefficient (Wildman–Crippen LogP) is 4.20. The van der Waals surface area contributed by atoms with Crippen LogP contribution in [-0.4, -0.2) is 60.8 Å². The summed E-state index contributed by atoms with van der Waals surface area (Å²) in [5.41, 5.74) is 2.04. The molecule has 0 aliphatic rings. The molecule has 0 bridgehead atoms. The van der Waals surface area contributed by atoms with Crippen LogP contribution in [0, 0.1) is 11.3 Å². The summed E-state index contributed by atoms with van der Waals surface area (Å²) >= 11 is 13.3. The molecule has 12 heteroatoms. The highest BCUT2D eigenvalue weighted by molar-refractivity contribution is 7.99. The fourth-order valence-electron chi connectivity index (χ4n) is 2.53. The van der Waals surface area contributed by atoms with Gasteiger partial charge in [0.15, 0.2) is 16.6 Å². The number of allylic oxidation sites excluding steroid dienone is 1. The fourth-order valence-corrected chi connectivity index (χ4v) is 3.83. The van der Waals surface area contributed by atoms with E-state index in [1.165, 1.54) is 16.7 Å². The Morgan fingerprint density at radius 1 is 1.34 bits per heavy atom. The first-order valence-corrected chi connectivity index (χ1v) is 10.8. The third-order valence-corrected chi connectivity index (χ3v) is 5.41. The van der Waals surface area contributed by atoms with Crippen molar-refractivity contribution in [3.05, 3.63) is 58.2 Å². The van der Waals surface area contributed by atoms with Gasteiger partial charge in [0.1, 0.15) is 17.4 Å². The third kappa shape index (κ3) is 5.31. The molecule has 0 saturated carbocycles. The normalized spacial score (nSPS) is 11.5. The summed E-state index contributed by atoms with van der Waals surface area (Å²) in [5, 5.41) is 29.3. The molecule has 0 atom stereocenters. The number of hydrogen-bond acceptors (Lipinski definition) is 7. The lowest BCUT2D eigenvalue weighted by Crippen LogP contribution is -2.06. The number of imidazole rings is 1. The number of hydrogen-bond donors (Lipinski definition) is 2. The minimum Gasteiger partial charge on any atom is -0.510 e. The lowest BCUT2D eigenvalue weighted by molar-refractivity contribution is -0.115. The van der Waals surface area contributed by atoms with Crippen molar-refractivity contribution in [2.24, 2.45) is 0 Å². The maximum Gasteiger partial charge on any atom is 0.209 e. The molecule has 0 radical (unpaired) electrons. The van der Waals surface area contributed by atoms with Crippen LogP contribution < -0.4 is 0 Å². The predicted molar refractivity (Wildman–Crippen MR) is 125 cm³/mol. The minimum absolute atomic E-state index is 0.0728. The van der Waals surface area contributed by atoms with Gasteiger partial charge in [-0.15, -0.1) is 10.2 Å². The van der Waals surface area contributed by atoms with Gasteiger partial charge in [0.25, 0.3) is 0 Å². The van der Waals surface area contributed by atoms with E-state index < -0.39 is 0 Å². The van der Waals surface area contributed by atoms with Gasteiger partial charge < -0.3 is 15.0 Å². The standard InChI is InChI=1S/C17H10Cl2N6OS.C3H7NO/c18-9-5-11(19)16-23-24-17(25(16)7-9)27-8-14(26)10(6-20)15-21-12-3-1-2-4-13(12)22-15;1-4(2)3-5/h1-5,7,26H,8H2,(H,21,22);3H,1-2H3/b14-10-;. The van der Waals surface area contributed by atoms with Crippen molar-refractivity contribution in [3.63, 3.8) is 0 Å². The Morgan fingerprint density at radius 3 is 2.72 bits per heavy atom. The zero-order valence-corrected chi connectivity index (χ0v) is 19.3. The van der Waals surface area contributed by atoms with Gasteiger partial charge in [-0.25, -0.2) is 4.98 Å². The van der Waals surface area contributed by atoms with Crippen LogP contribution in [-0.2, 0) is 4.79 Å².